The highest BCUT2D eigenvalue weighted by atomic mass is 16.6. The SMILES string of the molecule is C[C@]12CN[C@H](C1)[C@H]2C(=O)O[C@@H]1CC[C@H](OC(=O)[C@@H]2[C@H]3C[C@]2(C)CN3)C1. The van der Waals surface area contributed by atoms with Gasteiger partial charge in [-0.1, -0.05) is 13.8 Å². The summed E-state index contributed by atoms with van der Waals surface area (Å²) in [6.45, 7) is 6.15. The lowest BCUT2D eigenvalue weighted by molar-refractivity contribution is -0.165. The normalized spacial score (nSPS) is 52.4. The highest BCUT2D eigenvalue weighted by Crippen LogP contribution is 2.53. The molecule has 4 heterocycles. The van der Waals surface area contributed by atoms with Crippen LogP contribution in [0.1, 0.15) is 46.0 Å². The molecular formula is C19H28N2O4. The van der Waals surface area contributed by atoms with Crippen molar-refractivity contribution < 1.29 is 19.1 Å². The predicted octanol–water partition coefficient (Wildman–Crippen LogP) is 0.990. The van der Waals surface area contributed by atoms with Crippen LogP contribution >= 0.6 is 0 Å². The molecule has 6 nitrogen and oxygen atoms in total. The average Bonchev–Trinajstić information content (AvgIpc) is 3.26. The molecule has 0 aromatic carbocycles. The number of fused-ring (bicyclic) bond motifs is 2. The fourth-order valence-corrected chi connectivity index (χ4v) is 6.11. The van der Waals surface area contributed by atoms with E-state index in [0.29, 0.717) is 18.5 Å². The van der Waals surface area contributed by atoms with Crippen LogP contribution in [0.3, 0.4) is 0 Å². The number of rotatable bonds is 4. The molecule has 4 bridgehead atoms. The minimum atomic E-state index is -0.0966. The van der Waals surface area contributed by atoms with Crippen molar-refractivity contribution in [3.63, 3.8) is 0 Å². The number of esters is 2. The van der Waals surface area contributed by atoms with E-state index >= 15 is 0 Å². The zero-order chi connectivity index (χ0) is 17.4. The molecule has 6 heteroatoms. The third-order valence-electron chi connectivity index (χ3n) is 7.62. The van der Waals surface area contributed by atoms with Crippen molar-refractivity contribution >= 4 is 11.9 Å². The molecule has 7 aliphatic rings. The zero-order valence-corrected chi connectivity index (χ0v) is 15.0. The van der Waals surface area contributed by atoms with Crippen molar-refractivity contribution in [3.05, 3.63) is 0 Å². The molecule has 3 saturated carbocycles. The number of nitrogens with one attached hydrogen (secondary N) is 2. The number of carbonyl (C=O) groups is 2. The highest BCUT2D eigenvalue weighted by Gasteiger charge is 2.61. The summed E-state index contributed by atoms with van der Waals surface area (Å²) in [6.07, 6.45) is 4.21. The molecule has 0 unspecified atom stereocenters. The zero-order valence-electron chi connectivity index (χ0n) is 15.0. The molecule has 3 aliphatic carbocycles. The Labute approximate surface area is 148 Å². The summed E-state index contributed by atoms with van der Waals surface area (Å²) in [4.78, 5) is 25.0. The van der Waals surface area contributed by atoms with E-state index in [1.807, 2.05) is 0 Å². The van der Waals surface area contributed by atoms with Crippen LogP contribution < -0.4 is 10.6 Å². The van der Waals surface area contributed by atoms with Crippen molar-refractivity contribution in [2.24, 2.45) is 22.7 Å². The first-order valence-corrected chi connectivity index (χ1v) is 9.76. The van der Waals surface area contributed by atoms with Gasteiger partial charge in [0.05, 0.1) is 11.8 Å². The Balaban J connectivity index is 1.12. The van der Waals surface area contributed by atoms with Gasteiger partial charge in [-0.2, -0.15) is 0 Å². The van der Waals surface area contributed by atoms with Gasteiger partial charge in [-0.05, 0) is 36.5 Å². The maximum Gasteiger partial charge on any atom is 0.311 e. The van der Waals surface area contributed by atoms with Crippen molar-refractivity contribution in [2.45, 2.75) is 70.2 Å². The molecule has 7 rings (SSSR count). The molecule has 0 aromatic rings. The van der Waals surface area contributed by atoms with Crippen LogP contribution in [0.5, 0.6) is 0 Å². The lowest BCUT2D eigenvalue weighted by Crippen LogP contribution is -2.50. The minimum Gasteiger partial charge on any atom is -0.462 e. The van der Waals surface area contributed by atoms with Gasteiger partial charge in [0.25, 0.3) is 0 Å². The molecule has 0 aromatic heterocycles. The first kappa shape index (κ1) is 16.1. The van der Waals surface area contributed by atoms with Crippen LogP contribution in [0.25, 0.3) is 0 Å². The van der Waals surface area contributed by atoms with Crippen LogP contribution in [0.4, 0.5) is 0 Å². The topological polar surface area (TPSA) is 76.7 Å². The third kappa shape index (κ3) is 2.29. The second-order valence-electron chi connectivity index (χ2n) is 9.58. The van der Waals surface area contributed by atoms with Gasteiger partial charge in [-0.15, -0.1) is 0 Å². The van der Waals surface area contributed by atoms with E-state index < -0.39 is 0 Å². The summed E-state index contributed by atoms with van der Waals surface area (Å²) in [5.41, 5.74) is 0.163. The van der Waals surface area contributed by atoms with Crippen molar-refractivity contribution in [2.75, 3.05) is 13.1 Å². The summed E-state index contributed by atoms with van der Waals surface area (Å²) in [5.74, 6) is -0.111. The smallest absolute Gasteiger partial charge is 0.311 e. The quantitative estimate of drug-likeness (QED) is 0.738. The van der Waals surface area contributed by atoms with E-state index in [-0.39, 0.29) is 46.8 Å². The number of carbonyl (C=O) groups excluding carboxylic acids is 2. The summed E-state index contributed by atoms with van der Waals surface area (Å²) in [5, 5.41) is 6.78. The second kappa shape index (κ2) is 5.19. The first-order chi connectivity index (χ1) is 11.9. The fourth-order valence-electron chi connectivity index (χ4n) is 6.11. The van der Waals surface area contributed by atoms with E-state index in [1.165, 1.54) is 0 Å². The van der Waals surface area contributed by atoms with Gasteiger partial charge < -0.3 is 20.1 Å². The van der Waals surface area contributed by atoms with Crippen LogP contribution in [0.15, 0.2) is 0 Å². The maximum atomic E-state index is 12.5. The van der Waals surface area contributed by atoms with Gasteiger partial charge in [0.1, 0.15) is 12.2 Å². The molecule has 138 valence electrons. The third-order valence-corrected chi connectivity index (χ3v) is 7.62. The molecule has 0 spiro atoms. The van der Waals surface area contributed by atoms with Crippen LogP contribution in [0, 0.1) is 22.7 Å². The number of hydrogen-bond donors (Lipinski definition) is 2. The molecule has 8 atom stereocenters. The summed E-state index contributed by atoms with van der Waals surface area (Å²) in [7, 11) is 0. The lowest BCUT2D eigenvalue weighted by Gasteiger charge is -2.42. The monoisotopic (exact) mass is 348 g/mol. The highest BCUT2D eigenvalue weighted by molar-refractivity contribution is 5.77. The van der Waals surface area contributed by atoms with Crippen LogP contribution in [-0.2, 0) is 19.1 Å². The Morgan fingerprint density at radius 1 is 0.840 bits per heavy atom. The molecule has 7 fully saturated rings. The number of ether oxygens (including phenoxy) is 2. The fraction of sp³-hybridized carbons (Fsp3) is 0.895. The summed E-state index contributed by atoms with van der Waals surface area (Å²) >= 11 is 0. The molecule has 2 N–H and O–H groups in total. The van der Waals surface area contributed by atoms with Crippen LogP contribution in [-0.4, -0.2) is 49.3 Å². The van der Waals surface area contributed by atoms with Crippen LogP contribution in [0.2, 0.25) is 0 Å². The van der Waals surface area contributed by atoms with Gasteiger partial charge in [0, 0.05) is 31.6 Å². The maximum absolute atomic E-state index is 12.5. The van der Waals surface area contributed by atoms with E-state index in [4.69, 9.17) is 9.47 Å². The first-order valence-electron chi connectivity index (χ1n) is 9.76. The van der Waals surface area contributed by atoms with E-state index in [9.17, 15) is 9.59 Å². The lowest BCUT2D eigenvalue weighted by atomic mass is 9.62. The predicted molar refractivity (Wildman–Crippen MR) is 89.6 cm³/mol. The average molecular weight is 348 g/mol. The second-order valence-corrected chi connectivity index (χ2v) is 9.58. The van der Waals surface area contributed by atoms with E-state index in [0.717, 1.165) is 38.8 Å². The molecule has 4 saturated heterocycles. The Bertz CT molecular complexity index is 565. The Kier molecular flexibility index (Phi) is 3.34. The van der Waals surface area contributed by atoms with Gasteiger partial charge in [-0.3, -0.25) is 9.59 Å². The van der Waals surface area contributed by atoms with Gasteiger partial charge in [-0.25, -0.2) is 0 Å². The molecule has 4 aliphatic heterocycles. The van der Waals surface area contributed by atoms with Gasteiger partial charge >= 0.3 is 11.9 Å². The van der Waals surface area contributed by atoms with Crippen molar-refractivity contribution in [3.8, 4) is 0 Å². The largest absolute Gasteiger partial charge is 0.462 e. The van der Waals surface area contributed by atoms with Crippen molar-refractivity contribution in [1.82, 2.24) is 10.6 Å². The van der Waals surface area contributed by atoms with Gasteiger partial charge in [0.2, 0.25) is 0 Å². The molecule has 0 radical (unpaired) electrons. The Morgan fingerprint density at radius 2 is 1.28 bits per heavy atom. The van der Waals surface area contributed by atoms with Gasteiger partial charge in [0.15, 0.2) is 0 Å². The minimum absolute atomic E-state index is 0.00530. The number of hydrogen-bond acceptors (Lipinski definition) is 6. The molecule has 25 heavy (non-hydrogen) atoms. The van der Waals surface area contributed by atoms with E-state index in [1.54, 1.807) is 0 Å². The van der Waals surface area contributed by atoms with Crippen molar-refractivity contribution in [1.29, 1.82) is 0 Å². The van der Waals surface area contributed by atoms with E-state index in [2.05, 4.69) is 24.5 Å². The molecule has 0 amide bonds. The Morgan fingerprint density at radius 3 is 1.60 bits per heavy atom. The Hall–Kier alpha value is -1.14. The summed E-state index contributed by atoms with van der Waals surface area (Å²) in [6, 6.07) is 0.602. The summed E-state index contributed by atoms with van der Waals surface area (Å²) < 4.78 is 11.5. The molecular weight excluding hydrogens is 320 g/mol. The standard InChI is InChI=1S/C19H28N2O4/c1-18-6-12(20-8-18)14(18)16(22)24-10-3-4-11(5-10)25-17(23)15-13-7-19(15,2)9-21-13/h10-15,20-21H,3-9H2,1-2H3/t10-,11+,12-,13-,14+,15+,18-,19-/m1/s1.